The quantitative estimate of drug-likeness (QED) is 0.0261. The summed E-state index contributed by atoms with van der Waals surface area (Å²) in [6.07, 6.45) is 90.3. The maximum absolute atomic E-state index is 12.9. The number of hydrogen-bond acceptors (Lipinski definition) is 6. The smallest absolute Gasteiger partial charge is 0.306 e. The average molecular weight is 1120 g/mol. The van der Waals surface area contributed by atoms with Crippen LogP contribution in [0.25, 0.3) is 0 Å². The van der Waals surface area contributed by atoms with Crippen LogP contribution in [0.1, 0.15) is 348 Å². The van der Waals surface area contributed by atoms with Crippen LogP contribution in [0.5, 0.6) is 0 Å². The van der Waals surface area contributed by atoms with Gasteiger partial charge >= 0.3 is 17.9 Å². The number of carbonyl (C=O) groups is 3. The molecule has 0 aromatic heterocycles. The topological polar surface area (TPSA) is 78.9 Å². The van der Waals surface area contributed by atoms with Crippen molar-refractivity contribution in [2.75, 3.05) is 13.2 Å². The highest BCUT2D eigenvalue weighted by Crippen LogP contribution is 2.18. The number of unbranched alkanes of at least 4 members (excludes halogenated alkanes) is 38. The Hall–Kier alpha value is -3.41. The Labute approximate surface area is 496 Å². The molecule has 462 valence electrons. The van der Waals surface area contributed by atoms with Crippen molar-refractivity contribution in [2.24, 2.45) is 0 Å². The largest absolute Gasteiger partial charge is 0.462 e. The van der Waals surface area contributed by atoms with Crippen molar-refractivity contribution in [2.45, 2.75) is 354 Å². The van der Waals surface area contributed by atoms with Crippen LogP contribution in [0.4, 0.5) is 0 Å². The van der Waals surface area contributed by atoms with Crippen molar-refractivity contribution in [3.63, 3.8) is 0 Å². The molecule has 0 heterocycles. The highest BCUT2D eigenvalue weighted by Gasteiger charge is 2.19. The first-order valence-corrected chi connectivity index (χ1v) is 34.6. The van der Waals surface area contributed by atoms with Gasteiger partial charge in [-0.25, -0.2) is 0 Å². The standard InChI is InChI=1S/C74H130O6/c1-4-7-10-13-16-19-22-25-28-31-34-35-36-37-38-39-41-43-46-49-52-55-58-61-64-67-73(76)79-70-71(69-78-72(75)66-63-60-57-54-51-48-45-42-33-30-27-24-21-18-15-12-9-6-3)80-74(77)68-65-62-59-56-53-50-47-44-40-32-29-26-23-20-17-14-11-8-5-2/h8,11,17,20-21,24,26,29-30,33,40,44,50,53,71H,4-7,9-10,12-16,18-19,22-23,25,27-28,31-32,34-39,41-43,45-49,51-52,54-70H2,1-3H3/b11-8-,20-17-,24-21-,29-26-,33-30-,44-40-,53-50-. The van der Waals surface area contributed by atoms with E-state index in [0.29, 0.717) is 12.8 Å². The summed E-state index contributed by atoms with van der Waals surface area (Å²) >= 11 is 0. The number of esters is 3. The molecule has 0 rings (SSSR count). The SMILES string of the molecule is CC/C=C\C/C=C\C/C=C\C/C=C\C/C=C\CCCCCC(=O)OC(COC(=O)CCCCCCCCC/C=C\C/C=C\CCCCCC)COC(=O)CCCCCCCCCCCCCCCCCCCCCCCCCCC. The van der Waals surface area contributed by atoms with E-state index in [4.69, 9.17) is 14.2 Å². The molecule has 0 aliphatic heterocycles. The maximum Gasteiger partial charge on any atom is 0.306 e. The van der Waals surface area contributed by atoms with Gasteiger partial charge in [0, 0.05) is 19.3 Å². The molecule has 0 radical (unpaired) electrons. The molecule has 0 fully saturated rings. The van der Waals surface area contributed by atoms with Gasteiger partial charge in [0.1, 0.15) is 13.2 Å². The Balaban J connectivity index is 4.37. The van der Waals surface area contributed by atoms with E-state index in [0.717, 1.165) is 109 Å². The number of rotatable bonds is 63. The molecule has 0 N–H and O–H groups in total. The molecule has 6 heteroatoms. The van der Waals surface area contributed by atoms with Crippen LogP contribution in [-0.4, -0.2) is 37.2 Å². The molecule has 0 aromatic carbocycles. The molecule has 6 nitrogen and oxygen atoms in total. The van der Waals surface area contributed by atoms with E-state index < -0.39 is 6.10 Å². The van der Waals surface area contributed by atoms with E-state index in [-0.39, 0.29) is 37.5 Å². The second kappa shape index (κ2) is 68.1. The molecule has 0 bridgehead atoms. The van der Waals surface area contributed by atoms with Crippen molar-refractivity contribution in [1.82, 2.24) is 0 Å². The predicted molar refractivity (Wildman–Crippen MR) is 348 cm³/mol. The Morgan fingerprint density at radius 1 is 0.263 bits per heavy atom. The van der Waals surface area contributed by atoms with Crippen LogP contribution in [0, 0.1) is 0 Å². The van der Waals surface area contributed by atoms with Crippen LogP contribution >= 0.6 is 0 Å². The van der Waals surface area contributed by atoms with Crippen LogP contribution < -0.4 is 0 Å². The lowest BCUT2D eigenvalue weighted by atomic mass is 10.0. The summed E-state index contributed by atoms with van der Waals surface area (Å²) in [6, 6.07) is 0. The summed E-state index contributed by atoms with van der Waals surface area (Å²) in [7, 11) is 0. The second-order valence-electron chi connectivity index (χ2n) is 23.1. The van der Waals surface area contributed by atoms with Gasteiger partial charge in [0.2, 0.25) is 0 Å². The molecule has 0 aliphatic rings. The highest BCUT2D eigenvalue weighted by molar-refractivity contribution is 5.71. The minimum Gasteiger partial charge on any atom is -0.462 e. The lowest BCUT2D eigenvalue weighted by Gasteiger charge is -2.18. The van der Waals surface area contributed by atoms with Crippen LogP contribution in [0.3, 0.4) is 0 Å². The summed E-state index contributed by atoms with van der Waals surface area (Å²) in [5.74, 6) is -0.913. The third-order valence-electron chi connectivity index (χ3n) is 15.1. The van der Waals surface area contributed by atoms with E-state index in [9.17, 15) is 14.4 Å². The lowest BCUT2D eigenvalue weighted by molar-refractivity contribution is -0.167. The third-order valence-corrected chi connectivity index (χ3v) is 15.1. The first-order chi connectivity index (χ1) is 39.5. The minimum absolute atomic E-state index is 0.0899. The summed E-state index contributed by atoms with van der Waals surface area (Å²) < 4.78 is 17.0. The molecular weight excluding hydrogens is 985 g/mol. The first-order valence-electron chi connectivity index (χ1n) is 34.6. The van der Waals surface area contributed by atoms with Gasteiger partial charge in [0.15, 0.2) is 6.10 Å². The molecule has 80 heavy (non-hydrogen) atoms. The molecule has 0 aliphatic carbocycles. The zero-order valence-corrected chi connectivity index (χ0v) is 53.1. The van der Waals surface area contributed by atoms with Gasteiger partial charge in [-0.15, -0.1) is 0 Å². The molecule has 0 spiro atoms. The zero-order chi connectivity index (χ0) is 57.8. The van der Waals surface area contributed by atoms with Gasteiger partial charge in [-0.05, 0) is 96.3 Å². The third kappa shape index (κ3) is 65.4. The molecule has 1 atom stereocenters. The minimum atomic E-state index is -0.799. The van der Waals surface area contributed by atoms with Crippen LogP contribution in [0.2, 0.25) is 0 Å². The number of hydrogen-bond donors (Lipinski definition) is 0. The van der Waals surface area contributed by atoms with Crippen molar-refractivity contribution in [3.05, 3.63) is 85.1 Å². The van der Waals surface area contributed by atoms with Gasteiger partial charge in [-0.1, -0.05) is 318 Å². The van der Waals surface area contributed by atoms with Gasteiger partial charge in [0.05, 0.1) is 0 Å². The molecule has 0 amide bonds. The van der Waals surface area contributed by atoms with E-state index in [2.05, 4.69) is 106 Å². The van der Waals surface area contributed by atoms with E-state index in [1.807, 2.05) is 0 Å². The Morgan fingerprint density at radius 3 is 0.787 bits per heavy atom. The van der Waals surface area contributed by atoms with Gasteiger partial charge in [-0.3, -0.25) is 14.4 Å². The van der Waals surface area contributed by atoms with Gasteiger partial charge < -0.3 is 14.2 Å². The fourth-order valence-corrected chi connectivity index (χ4v) is 9.97. The van der Waals surface area contributed by atoms with E-state index >= 15 is 0 Å². The lowest BCUT2D eigenvalue weighted by Crippen LogP contribution is -2.30. The Bertz CT molecular complexity index is 1520. The summed E-state index contributed by atoms with van der Waals surface area (Å²) in [5.41, 5.74) is 0. The molecule has 1 unspecified atom stereocenters. The number of carbonyl (C=O) groups excluding carboxylic acids is 3. The average Bonchev–Trinajstić information content (AvgIpc) is 3.46. The molecule has 0 aromatic rings. The Kier molecular flexibility index (Phi) is 65.2. The normalized spacial score (nSPS) is 12.6. The molecule has 0 saturated heterocycles. The monoisotopic (exact) mass is 1110 g/mol. The summed E-state index contributed by atoms with van der Waals surface area (Å²) in [4.78, 5) is 38.4. The van der Waals surface area contributed by atoms with E-state index in [1.54, 1.807) is 0 Å². The van der Waals surface area contributed by atoms with Crippen LogP contribution in [0.15, 0.2) is 85.1 Å². The Morgan fingerprint density at radius 2 is 0.487 bits per heavy atom. The van der Waals surface area contributed by atoms with Crippen molar-refractivity contribution in [3.8, 4) is 0 Å². The maximum atomic E-state index is 12.9. The van der Waals surface area contributed by atoms with Crippen molar-refractivity contribution in [1.29, 1.82) is 0 Å². The first kappa shape index (κ1) is 76.6. The van der Waals surface area contributed by atoms with Crippen molar-refractivity contribution < 1.29 is 28.6 Å². The van der Waals surface area contributed by atoms with Gasteiger partial charge in [0.25, 0.3) is 0 Å². The zero-order valence-electron chi connectivity index (χ0n) is 53.1. The second-order valence-corrected chi connectivity index (χ2v) is 23.1. The van der Waals surface area contributed by atoms with Gasteiger partial charge in [-0.2, -0.15) is 0 Å². The summed E-state index contributed by atoms with van der Waals surface area (Å²) in [5, 5.41) is 0. The fourth-order valence-electron chi connectivity index (χ4n) is 9.97. The van der Waals surface area contributed by atoms with Crippen molar-refractivity contribution >= 4 is 17.9 Å². The number of ether oxygens (including phenoxy) is 3. The van der Waals surface area contributed by atoms with Crippen LogP contribution in [-0.2, 0) is 28.6 Å². The highest BCUT2D eigenvalue weighted by atomic mass is 16.6. The van der Waals surface area contributed by atoms with E-state index in [1.165, 1.54) is 199 Å². The molecule has 0 saturated carbocycles. The number of allylic oxidation sites excluding steroid dienone is 14. The molecular formula is C74H130O6. The summed E-state index contributed by atoms with van der Waals surface area (Å²) in [6.45, 7) is 6.53. The predicted octanol–water partition coefficient (Wildman–Crippen LogP) is 23.8. The fraction of sp³-hybridized carbons (Fsp3) is 0.770.